The molecule has 26 heavy (non-hydrogen) atoms. The smallest absolute Gasteiger partial charge is 0.353 e. The summed E-state index contributed by atoms with van der Waals surface area (Å²) in [7, 11) is 1.60. The lowest BCUT2D eigenvalue weighted by Gasteiger charge is -2.16. The fourth-order valence-electron chi connectivity index (χ4n) is 2.98. The highest BCUT2D eigenvalue weighted by Gasteiger charge is 2.29. The Morgan fingerprint density at radius 3 is 2.85 bits per heavy atom. The standard InChI is InChI=1S/C16H16N6O3S/c1-25-10-4-5-11-12(8-10)26-16(19-11)20-14-13(22(23)24)15(18-9-17-14)21-6-2-3-7-21/h4-5,8-9H,2-3,6-7H2,1H3,(H,17,18,19,20). The maximum atomic E-state index is 11.7. The van der Waals surface area contributed by atoms with E-state index in [-0.39, 0.29) is 11.5 Å². The molecule has 4 rings (SSSR count). The number of nitrogens with one attached hydrogen (secondary N) is 1. The summed E-state index contributed by atoms with van der Waals surface area (Å²) in [4.78, 5) is 25.9. The van der Waals surface area contributed by atoms with Gasteiger partial charge in [0, 0.05) is 13.1 Å². The van der Waals surface area contributed by atoms with Gasteiger partial charge in [-0.05, 0) is 31.0 Å². The topological polar surface area (TPSA) is 106 Å². The fraction of sp³-hybridized carbons (Fsp3) is 0.312. The fourth-order valence-corrected chi connectivity index (χ4v) is 3.87. The summed E-state index contributed by atoms with van der Waals surface area (Å²) in [5.41, 5.74) is 0.668. The van der Waals surface area contributed by atoms with Gasteiger partial charge in [-0.1, -0.05) is 11.3 Å². The molecule has 3 heterocycles. The highest BCUT2D eigenvalue weighted by Crippen LogP contribution is 2.37. The number of nitro groups is 1. The van der Waals surface area contributed by atoms with Gasteiger partial charge in [0.05, 0.1) is 22.2 Å². The van der Waals surface area contributed by atoms with E-state index in [4.69, 9.17) is 4.74 Å². The number of nitrogens with zero attached hydrogens (tertiary/aromatic N) is 5. The quantitative estimate of drug-likeness (QED) is 0.537. The first kappa shape index (κ1) is 16.5. The van der Waals surface area contributed by atoms with Gasteiger partial charge in [-0.15, -0.1) is 0 Å². The first-order valence-electron chi connectivity index (χ1n) is 8.11. The second kappa shape index (κ2) is 6.71. The van der Waals surface area contributed by atoms with Gasteiger partial charge in [0.25, 0.3) is 0 Å². The molecule has 0 spiro atoms. The largest absolute Gasteiger partial charge is 0.497 e. The summed E-state index contributed by atoms with van der Waals surface area (Å²) in [5, 5.41) is 15.2. The molecule has 1 aromatic carbocycles. The number of anilines is 3. The second-order valence-electron chi connectivity index (χ2n) is 5.82. The molecule has 0 bridgehead atoms. The van der Waals surface area contributed by atoms with Crippen molar-refractivity contribution in [3.63, 3.8) is 0 Å². The lowest BCUT2D eigenvalue weighted by atomic mass is 10.3. The highest BCUT2D eigenvalue weighted by atomic mass is 32.1. The van der Waals surface area contributed by atoms with Crippen LogP contribution in [0.5, 0.6) is 5.75 Å². The van der Waals surface area contributed by atoms with Crippen molar-refractivity contribution < 1.29 is 9.66 Å². The molecule has 0 radical (unpaired) electrons. The predicted molar refractivity (Wildman–Crippen MR) is 99.6 cm³/mol. The van der Waals surface area contributed by atoms with Crippen LogP contribution in [-0.2, 0) is 0 Å². The highest BCUT2D eigenvalue weighted by molar-refractivity contribution is 7.22. The zero-order chi connectivity index (χ0) is 18.1. The van der Waals surface area contributed by atoms with Gasteiger partial charge in [0.2, 0.25) is 11.6 Å². The predicted octanol–water partition coefficient (Wildman–Crippen LogP) is 3.35. The van der Waals surface area contributed by atoms with E-state index in [2.05, 4.69) is 20.3 Å². The van der Waals surface area contributed by atoms with E-state index < -0.39 is 4.92 Å². The Balaban J connectivity index is 1.71. The van der Waals surface area contributed by atoms with E-state index in [0.717, 1.165) is 41.9 Å². The van der Waals surface area contributed by atoms with Crippen LogP contribution in [0.1, 0.15) is 12.8 Å². The van der Waals surface area contributed by atoms with Crippen LogP contribution in [0.3, 0.4) is 0 Å². The summed E-state index contributed by atoms with van der Waals surface area (Å²) in [5.74, 6) is 1.24. The summed E-state index contributed by atoms with van der Waals surface area (Å²) in [6.45, 7) is 1.52. The zero-order valence-corrected chi connectivity index (χ0v) is 14.8. The molecule has 0 aliphatic carbocycles. The number of rotatable bonds is 5. The molecule has 0 unspecified atom stereocenters. The van der Waals surface area contributed by atoms with Crippen LogP contribution >= 0.6 is 11.3 Å². The van der Waals surface area contributed by atoms with E-state index >= 15 is 0 Å². The Bertz CT molecular complexity index is 970. The van der Waals surface area contributed by atoms with Crippen LogP contribution in [0, 0.1) is 10.1 Å². The van der Waals surface area contributed by atoms with Crippen LogP contribution in [0.15, 0.2) is 24.5 Å². The zero-order valence-electron chi connectivity index (χ0n) is 14.0. The van der Waals surface area contributed by atoms with Crippen LogP contribution in [0.4, 0.5) is 22.5 Å². The van der Waals surface area contributed by atoms with Gasteiger partial charge in [-0.2, -0.15) is 0 Å². The van der Waals surface area contributed by atoms with Crippen LogP contribution < -0.4 is 15.0 Å². The van der Waals surface area contributed by atoms with Crippen LogP contribution in [0.2, 0.25) is 0 Å². The maximum Gasteiger partial charge on any atom is 0.353 e. The maximum absolute atomic E-state index is 11.7. The van der Waals surface area contributed by atoms with E-state index in [1.54, 1.807) is 7.11 Å². The normalized spacial score (nSPS) is 14.0. The SMILES string of the molecule is COc1ccc2nc(Nc3ncnc(N4CCCC4)c3[N+](=O)[O-])sc2c1. The minimum absolute atomic E-state index is 0.119. The molecular formula is C16H16N6O3S. The molecule has 1 aliphatic rings. The molecule has 0 amide bonds. The molecule has 1 saturated heterocycles. The Kier molecular flexibility index (Phi) is 4.25. The number of ether oxygens (including phenoxy) is 1. The molecule has 0 atom stereocenters. The van der Waals surface area contributed by atoms with Gasteiger partial charge in [-0.3, -0.25) is 10.1 Å². The van der Waals surface area contributed by atoms with Gasteiger partial charge in [-0.25, -0.2) is 15.0 Å². The minimum Gasteiger partial charge on any atom is -0.497 e. The van der Waals surface area contributed by atoms with Crippen molar-refractivity contribution >= 4 is 44.0 Å². The summed E-state index contributed by atoms with van der Waals surface area (Å²) < 4.78 is 6.14. The van der Waals surface area contributed by atoms with Crippen molar-refractivity contribution in [1.29, 1.82) is 0 Å². The second-order valence-corrected chi connectivity index (χ2v) is 6.85. The summed E-state index contributed by atoms with van der Waals surface area (Å²) in [6, 6.07) is 5.55. The molecule has 3 aromatic rings. The molecule has 134 valence electrons. The van der Waals surface area contributed by atoms with Gasteiger partial charge in [0.15, 0.2) is 5.13 Å². The summed E-state index contributed by atoms with van der Waals surface area (Å²) >= 11 is 1.38. The molecule has 10 heteroatoms. The van der Waals surface area contributed by atoms with E-state index in [1.807, 2.05) is 23.1 Å². The number of aromatic nitrogens is 3. The van der Waals surface area contributed by atoms with Crippen molar-refractivity contribution in [3.8, 4) is 5.75 Å². The van der Waals surface area contributed by atoms with Gasteiger partial charge < -0.3 is 15.0 Å². The monoisotopic (exact) mass is 372 g/mol. The van der Waals surface area contributed by atoms with Crippen LogP contribution in [0.25, 0.3) is 10.2 Å². The number of hydrogen-bond donors (Lipinski definition) is 1. The van der Waals surface area contributed by atoms with Crippen molar-refractivity contribution in [1.82, 2.24) is 15.0 Å². The molecular weight excluding hydrogens is 356 g/mol. The number of hydrogen-bond acceptors (Lipinski definition) is 9. The van der Waals surface area contributed by atoms with Gasteiger partial charge in [0.1, 0.15) is 12.1 Å². The third kappa shape index (κ3) is 2.99. The molecule has 0 saturated carbocycles. The Hall–Kier alpha value is -3.01. The first-order valence-corrected chi connectivity index (χ1v) is 8.93. The van der Waals surface area contributed by atoms with E-state index in [9.17, 15) is 10.1 Å². The first-order chi connectivity index (χ1) is 12.7. The molecule has 1 aliphatic heterocycles. The average molecular weight is 372 g/mol. The molecule has 1 fully saturated rings. The minimum atomic E-state index is -0.438. The molecule has 1 N–H and O–H groups in total. The number of methoxy groups -OCH3 is 1. The van der Waals surface area contributed by atoms with Crippen molar-refractivity contribution in [2.45, 2.75) is 12.8 Å². The van der Waals surface area contributed by atoms with Crippen molar-refractivity contribution in [3.05, 3.63) is 34.6 Å². The lowest BCUT2D eigenvalue weighted by molar-refractivity contribution is -0.383. The van der Waals surface area contributed by atoms with Gasteiger partial charge >= 0.3 is 5.69 Å². The third-order valence-corrected chi connectivity index (χ3v) is 5.15. The Morgan fingerprint density at radius 2 is 2.12 bits per heavy atom. The van der Waals surface area contributed by atoms with Crippen molar-refractivity contribution in [2.24, 2.45) is 0 Å². The van der Waals surface area contributed by atoms with E-state index in [1.165, 1.54) is 17.7 Å². The third-order valence-electron chi connectivity index (χ3n) is 4.21. The lowest BCUT2D eigenvalue weighted by Crippen LogP contribution is -2.21. The van der Waals surface area contributed by atoms with E-state index in [0.29, 0.717) is 10.9 Å². The molecule has 2 aromatic heterocycles. The Morgan fingerprint density at radius 1 is 1.31 bits per heavy atom. The average Bonchev–Trinajstić information content (AvgIpc) is 3.30. The van der Waals surface area contributed by atoms with Crippen LogP contribution in [-0.4, -0.2) is 40.1 Å². The van der Waals surface area contributed by atoms with Crippen molar-refractivity contribution in [2.75, 3.05) is 30.4 Å². The number of thiazole rings is 1. The number of fused-ring (bicyclic) bond motifs is 1. The Labute approximate surface area is 152 Å². The summed E-state index contributed by atoms with van der Waals surface area (Å²) in [6.07, 6.45) is 3.35. The molecule has 9 nitrogen and oxygen atoms in total. The number of benzene rings is 1.